The van der Waals surface area contributed by atoms with Crippen LogP contribution in [0, 0.1) is 12.8 Å². The van der Waals surface area contributed by atoms with E-state index in [4.69, 9.17) is 0 Å². The number of hydrogen-bond acceptors (Lipinski definition) is 6. The SMILES string of the molecule is Cc1cc(NC(=O)C2CCCN(S(C)(=O)=O)C2)ccc1-n1cnnn1. The molecule has 0 bridgehead atoms. The largest absolute Gasteiger partial charge is 0.326 e. The zero-order valence-electron chi connectivity index (χ0n) is 14.1. The molecule has 1 fully saturated rings. The van der Waals surface area contributed by atoms with Crippen molar-refractivity contribution >= 4 is 21.6 Å². The van der Waals surface area contributed by atoms with Crippen LogP contribution in [0.4, 0.5) is 5.69 Å². The number of anilines is 1. The number of carbonyl (C=O) groups is 1. The number of aromatic nitrogens is 4. The molecule has 134 valence electrons. The summed E-state index contributed by atoms with van der Waals surface area (Å²) in [4.78, 5) is 12.5. The molecule has 9 nitrogen and oxygen atoms in total. The molecule has 1 N–H and O–H groups in total. The lowest BCUT2D eigenvalue weighted by molar-refractivity contribution is -0.120. The lowest BCUT2D eigenvalue weighted by Gasteiger charge is -2.30. The molecule has 2 aromatic rings. The molecule has 0 aliphatic carbocycles. The van der Waals surface area contributed by atoms with Crippen LogP contribution in [0.5, 0.6) is 0 Å². The highest BCUT2D eigenvalue weighted by Gasteiger charge is 2.30. The Bertz CT molecular complexity index is 865. The minimum Gasteiger partial charge on any atom is -0.326 e. The summed E-state index contributed by atoms with van der Waals surface area (Å²) in [5.41, 5.74) is 2.39. The zero-order chi connectivity index (χ0) is 18.0. The Morgan fingerprint density at radius 3 is 2.80 bits per heavy atom. The summed E-state index contributed by atoms with van der Waals surface area (Å²) in [6, 6.07) is 5.44. The first-order valence-corrected chi connectivity index (χ1v) is 9.79. The Kier molecular flexibility index (Phi) is 4.82. The number of carbonyl (C=O) groups excluding carboxylic acids is 1. The second kappa shape index (κ2) is 6.89. The van der Waals surface area contributed by atoms with Gasteiger partial charge < -0.3 is 5.32 Å². The zero-order valence-corrected chi connectivity index (χ0v) is 14.9. The van der Waals surface area contributed by atoms with Gasteiger partial charge in [-0.1, -0.05) is 0 Å². The van der Waals surface area contributed by atoms with E-state index in [2.05, 4.69) is 20.8 Å². The summed E-state index contributed by atoms with van der Waals surface area (Å²) >= 11 is 0. The number of nitrogens with zero attached hydrogens (tertiary/aromatic N) is 5. The van der Waals surface area contributed by atoms with E-state index in [9.17, 15) is 13.2 Å². The predicted octanol–water partition coefficient (Wildman–Crippen LogP) is 0.581. The first-order chi connectivity index (χ1) is 11.8. The number of nitrogens with one attached hydrogen (secondary N) is 1. The first kappa shape index (κ1) is 17.5. The lowest BCUT2D eigenvalue weighted by Crippen LogP contribution is -2.43. The molecule has 3 rings (SSSR count). The molecule has 25 heavy (non-hydrogen) atoms. The molecule has 1 atom stereocenters. The van der Waals surface area contributed by atoms with Crippen molar-refractivity contribution in [1.82, 2.24) is 24.5 Å². The maximum atomic E-state index is 12.5. The van der Waals surface area contributed by atoms with E-state index < -0.39 is 10.0 Å². The Labute approximate surface area is 146 Å². The average Bonchev–Trinajstić information content (AvgIpc) is 3.08. The van der Waals surface area contributed by atoms with Gasteiger partial charge in [0.15, 0.2) is 0 Å². The topological polar surface area (TPSA) is 110 Å². The van der Waals surface area contributed by atoms with Crippen LogP contribution < -0.4 is 5.32 Å². The summed E-state index contributed by atoms with van der Waals surface area (Å²) in [6.45, 7) is 2.60. The van der Waals surface area contributed by atoms with Crippen molar-refractivity contribution in [2.45, 2.75) is 19.8 Å². The second-order valence-electron chi connectivity index (χ2n) is 6.21. The van der Waals surface area contributed by atoms with Gasteiger partial charge in [0, 0.05) is 18.8 Å². The minimum absolute atomic E-state index is 0.164. The molecule has 0 saturated carbocycles. The van der Waals surface area contributed by atoms with Crippen molar-refractivity contribution in [3.05, 3.63) is 30.1 Å². The molecule has 1 unspecified atom stereocenters. The van der Waals surface area contributed by atoms with Gasteiger partial charge in [0.05, 0.1) is 17.9 Å². The predicted molar refractivity (Wildman–Crippen MR) is 91.7 cm³/mol. The third-order valence-electron chi connectivity index (χ3n) is 4.28. The van der Waals surface area contributed by atoms with Gasteiger partial charge in [-0.3, -0.25) is 4.79 Å². The van der Waals surface area contributed by atoms with Crippen LogP contribution in [0.1, 0.15) is 18.4 Å². The highest BCUT2D eigenvalue weighted by Crippen LogP contribution is 2.22. The van der Waals surface area contributed by atoms with Crippen molar-refractivity contribution in [1.29, 1.82) is 0 Å². The van der Waals surface area contributed by atoms with Crippen molar-refractivity contribution in [2.75, 3.05) is 24.7 Å². The van der Waals surface area contributed by atoms with Crippen LogP contribution >= 0.6 is 0 Å². The average molecular weight is 364 g/mol. The summed E-state index contributed by atoms with van der Waals surface area (Å²) in [5, 5.41) is 13.9. The molecule has 1 aliphatic heterocycles. The number of aryl methyl sites for hydroxylation is 1. The van der Waals surface area contributed by atoms with Crippen LogP contribution in [0.15, 0.2) is 24.5 Å². The summed E-state index contributed by atoms with van der Waals surface area (Å²) in [6.07, 6.45) is 4.04. The number of hydrogen-bond donors (Lipinski definition) is 1. The van der Waals surface area contributed by atoms with Crippen LogP contribution in [-0.2, 0) is 14.8 Å². The summed E-state index contributed by atoms with van der Waals surface area (Å²) in [5.74, 6) is -0.508. The van der Waals surface area contributed by atoms with E-state index in [1.807, 2.05) is 19.1 Å². The maximum absolute atomic E-state index is 12.5. The fraction of sp³-hybridized carbons (Fsp3) is 0.467. The summed E-state index contributed by atoms with van der Waals surface area (Å²) in [7, 11) is -3.27. The normalized spacial score (nSPS) is 18.9. The van der Waals surface area contributed by atoms with Crippen LogP contribution in [0.2, 0.25) is 0 Å². The Morgan fingerprint density at radius 2 is 2.16 bits per heavy atom. The molecular formula is C15H20N6O3S. The smallest absolute Gasteiger partial charge is 0.228 e. The first-order valence-electron chi connectivity index (χ1n) is 7.94. The molecule has 1 aromatic carbocycles. The third-order valence-corrected chi connectivity index (χ3v) is 5.55. The van der Waals surface area contributed by atoms with Gasteiger partial charge >= 0.3 is 0 Å². The van der Waals surface area contributed by atoms with E-state index in [-0.39, 0.29) is 18.4 Å². The van der Waals surface area contributed by atoms with Crippen molar-refractivity contribution in [3.8, 4) is 5.69 Å². The fourth-order valence-corrected chi connectivity index (χ4v) is 3.88. The van der Waals surface area contributed by atoms with E-state index in [1.54, 1.807) is 10.7 Å². The molecule has 2 heterocycles. The van der Waals surface area contributed by atoms with E-state index in [0.29, 0.717) is 25.1 Å². The van der Waals surface area contributed by atoms with Gasteiger partial charge in [-0.05, 0) is 54.0 Å². The number of sulfonamides is 1. The molecule has 10 heteroatoms. The highest BCUT2D eigenvalue weighted by molar-refractivity contribution is 7.88. The van der Waals surface area contributed by atoms with Crippen molar-refractivity contribution < 1.29 is 13.2 Å². The molecule has 1 amide bonds. The van der Waals surface area contributed by atoms with Gasteiger partial charge in [0.25, 0.3) is 0 Å². The molecule has 0 spiro atoms. The Hall–Kier alpha value is -2.33. The second-order valence-corrected chi connectivity index (χ2v) is 8.19. The van der Waals surface area contributed by atoms with Gasteiger partial charge in [-0.25, -0.2) is 17.4 Å². The molecule has 0 radical (unpaired) electrons. The molecule has 1 saturated heterocycles. The molecule has 1 aliphatic rings. The van der Waals surface area contributed by atoms with Gasteiger partial charge in [0.1, 0.15) is 6.33 Å². The quantitative estimate of drug-likeness (QED) is 0.850. The number of amides is 1. The van der Waals surface area contributed by atoms with E-state index >= 15 is 0 Å². The highest BCUT2D eigenvalue weighted by atomic mass is 32.2. The number of piperidine rings is 1. The van der Waals surface area contributed by atoms with E-state index in [1.165, 1.54) is 16.9 Å². The van der Waals surface area contributed by atoms with Crippen LogP contribution in [0.3, 0.4) is 0 Å². The monoisotopic (exact) mass is 364 g/mol. The fourth-order valence-electron chi connectivity index (χ4n) is 2.96. The van der Waals surface area contributed by atoms with Crippen LogP contribution in [-0.4, -0.2) is 58.2 Å². The third kappa shape index (κ3) is 4.02. The van der Waals surface area contributed by atoms with E-state index in [0.717, 1.165) is 11.3 Å². The van der Waals surface area contributed by atoms with Crippen LogP contribution in [0.25, 0.3) is 5.69 Å². The molecular weight excluding hydrogens is 344 g/mol. The van der Waals surface area contributed by atoms with Crippen molar-refractivity contribution in [3.63, 3.8) is 0 Å². The number of rotatable bonds is 4. The van der Waals surface area contributed by atoms with Crippen molar-refractivity contribution in [2.24, 2.45) is 5.92 Å². The lowest BCUT2D eigenvalue weighted by atomic mass is 9.98. The summed E-state index contributed by atoms with van der Waals surface area (Å²) < 4.78 is 26.3. The van der Waals surface area contributed by atoms with Gasteiger partial charge in [-0.15, -0.1) is 5.10 Å². The maximum Gasteiger partial charge on any atom is 0.228 e. The van der Waals surface area contributed by atoms with Gasteiger partial charge in [0.2, 0.25) is 15.9 Å². The Balaban J connectivity index is 1.70. The van der Waals surface area contributed by atoms with Gasteiger partial charge in [-0.2, -0.15) is 0 Å². The molecule has 1 aromatic heterocycles. The number of tetrazole rings is 1. The number of benzene rings is 1. The standard InChI is InChI=1S/C15H20N6O3S/c1-11-8-13(5-6-14(11)21-10-16-18-19-21)17-15(22)12-4-3-7-20(9-12)25(2,23)24/h5-6,8,10,12H,3-4,7,9H2,1-2H3,(H,17,22). The Morgan fingerprint density at radius 1 is 1.36 bits per heavy atom. The minimum atomic E-state index is -3.27.